The lowest BCUT2D eigenvalue weighted by Crippen LogP contribution is -2.33. The van der Waals surface area contributed by atoms with Crippen molar-refractivity contribution in [2.24, 2.45) is 0 Å². The van der Waals surface area contributed by atoms with Crippen LogP contribution in [-0.2, 0) is 16.1 Å². The minimum Gasteiger partial charge on any atom is -0.480 e. The lowest BCUT2D eigenvalue weighted by atomic mass is 10.1. The summed E-state index contributed by atoms with van der Waals surface area (Å²) in [4.78, 5) is 36.0. The largest absolute Gasteiger partial charge is 0.480 e. The monoisotopic (exact) mass is 442 g/mol. The normalized spacial score (nSPS) is 15.5. The lowest BCUT2D eigenvalue weighted by molar-refractivity contribution is -0.140. The summed E-state index contributed by atoms with van der Waals surface area (Å²) in [5.41, 5.74) is 1.63. The summed E-state index contributed by atoms with van der Waals surface area (Å²) in [5.74, 6) is -2.37. The number of carbonyl (C=O) groups excluding carboxylic acids is 1. The maximum atomic E-state index is 12.6. The van der Waals surface area contributed by atoms with Crippen LogP contribution >= 0.6 is 24.0 Å². The van der Waals surface area contributed by atoms with Crippen LogP contribution in [0.3, 0.4) is 0 Å². The van der Waals surface area contributed by atoms with E-state index in [1.807, 2.05) is 35.0 Å². The molecule has 0 bridgehead atoms. The highest BCUT2D eigenvalue weighted by atomic mass is 32.2. The van der Waals surface area contributed by atoms with Crippen LogP contribution in [0, 0.1) is 0 Å². The Bertz CT molecular complexity index is 1240. The number of aromatic nitrogens is 1. The number of carboxylic acid groups (broad SMARTS) is 2. The van der Waals surface area contributed by atoms with Gasteiger partial charge in [0.25, 0.3) is 5.91 Å². The van der Waals surface area contributed by atoms with Crippen molar-refractivity contribution in [1.82, 2.24) is 9.47 Å². The molecule has 8 nitrogen and oxygen atoms in total. The van der Waals surface area contributed by atoms with Crippen molar-refractivity contribution in [3.8, 4) is 0 Å². The van der Waals surface area contributed by atoms with Crippen molar-refractivity contribution in [3.05, 3.63) is 64.6 Å². The molecule has 152 valence electrons. The Kier molecular flexibility index (Phi) is 5.18. The van der Waals surface area contributed by atoms with Gasteiger partial charge >= 0.3 is 11.9 Å². The highest BCUT2D eigenvalue weighted by Crippen LogP contribution is 2.34. The molecule has 1 amide bonds. The summed E-state index contributed by atoms with van der Waals surface area (Å²) in [5, 5.41) is 18.9. The minimum atomic E-state index is -1.14. The fourth-order valence-electron chi connectivity index (χ4n) is 3.18. The van der Waals surface area contributed by atoms with Gasteiger partial charge < -0.3 is 19.2 Å². The summed E-state index contributed by atoms with van der Waals surface area (Å²) >= 11 is 6.20. The van der Waals surface area contributed by atoms with E-state index in [9.17, 15) is 14.4 Å². The molecule has 0 saturated carbocycles. The summed E-state index contributed by atoms with van der Waals surface area (Å²) < 4.78 is 7.44. The molecule has 10 heteroatoms. The van der Waals surface area contributed by atoms with Gasteiger partial charge in [0, 0.05) is 22.7 Å². The number of hydrogen-bond acceptors (Lipinski definition) is 6. The molecule has 30 heavy (non-hydrogen) atoms. The molecule has 0 aliphatic carbocycles. The first kappa shape index (κ1) is 19.9. The number of carbonyl (C=O) groups is 3. The Morgan fingerprint density at radius 1 is 1.17 bits per heavy atom. The Morgan fingerprint density at radius 3 is 2.63 bits per heavy atom. The van der Waals surface area contributed by atoms with E-state index in [1.54, 1.807) is 12.1 Å². The number of thioether (sulfide) groups is 1. The second-order valence-electron chi connectivity index (χ2n) is 6.46. The minimum absolute atomic E-state index is 0.135. The number of aromatic carboxylic acids is 1. The van der Waals surface area contributed by atoms with E-state index in [4.69, 9.17) is 26.8 Å². The molecule has 1 aliphatic rings. The summed E-state index contributed by atoms with van der Waals surface area (Å²) in [6.07, 6.45) is 3.52. The molecule has 0 spiro atoms. The number of furan rings is 1. The highest BCUT2D eigenvalue weighted by Gasteiger charge is 2.33. The van der Waals surface area contributed by atoms with Gasteiger partial charge in [-0.05, 0) is 24.3 Å². The molecule has 1 saturated heterocycles. The molecule has 1 aromatic carbocycles. The average molecular weight is 442 g/mol. The molecule has 3 heterocycles. The highest BCUT2D eigenvalue weighted by molar-refractivity contribution is 8.26. The van der Waals surface area contributed by atoms with Gasteiger partial charge in [-0.3, -0.25) is 14.5 Å². The maximum Gasteiger partial charge on any atom is 0.371 e. The number of fused-ring (bicyclic) bond motifs is 1. The Hall–Kier alpha value is -3.37. The molecule has 0 unspecified atom stereocenters. The van der Waals surface area contributed by atoms with Gasteiger partial charge in [-0.2, -0.15) is 0 Å². The fourth-order valence-corrected chi connectivity index (χ4v) is 4.43. The van der Waals surface area contributed by atoms with Crippen LogP contribution in [0.4, 0.5) is 0 Å². The van der Waals surface area contributed by atoms with Gasteiger partial charge in [-0.25, -0.2) is 4.79 Å². The van der Waals surface area contributed by atoms with Crippen molar-refractivity contribution in [2.75, 3.05) is 6.54 Å². The second kappa shape index (κ2) is 7.81. The molecule has 2 N–H and O–H groups in total. The van der Waals surface area contributed by atoms with Crippen LogP contribution in [0.5, 0.6) is 0 Å². The number of thiocarbonyl (C=S) groups is 1. The molecule has 0 atom stereocenters. The molecule has 3 aromatic rings. The number of aliphatic carboxylic acids is 1. The molecule has 4 rings (SSSR count). The second-order valence-corrected chi connectivity index (χ2v) is 8.14. The van der Waals surface area contributed by atoms with E-state index in [1.165, 1.54) is 6.07 Å². The van der Waals surface area contributed by atoms with Crippen LogP contribution in [0.25, 0.3) is 17.0 Å². The standard InChI is InChI=1S/C20H14N2O6S2/c23-17(24)10-22-18(25)16(30-20(22)29)7-11-8-21(14-4-2-1-3-13(11)14)9-12-5-6-15(28-12)19(26)27/h1-8H,9-10H2,(H,23,24)(H,26,27)/b16-7+. The number of para-hydroxylation sites is 1. The van der Waals surface area contributed by atoms with Gasteiger partial charge in [0.2, 0.25) is 5.76 Å². The number of nitrogens with zero attached hydrogens (tertiary/aromatic N) is 2. The van der Waals surface area contributed by atoms with E-state index in [0.29, 0.717) is 17.2 Å². The number of hydrogen-bond donors (Lipinski definition) is 2. The Labute approximate surface area is 179 Å². The van der Waals surface area contributed by atoms with Crippen LogP contribution < -0.4 is 0 Å². The smallest absolute Gasteiger partial charge is 0.371 e. The first-order valence-corrected chi connectivity index (χ1v) is 9.93. The molecule has 1 aliphatic heterocycles. The molecular formula is C20H14N2O6S2. The van der Waals surface area contributed by atoms with Crippen LogP contribution in [-0.4, -0.2) is 48.4 Å². The molecule has 2 aromatic heterocycles. The number of amides is 1. The third kappa shape index (κ3) is 3.74. The third-order valence-electron chi connectivity index (χ3n) is 4.47. The predicted octanol–water partition coefficient (Wildman–Crippen LogP) is 3.27. The van der Waals surface area contributed by atoms with Crippen molar-refractivity contribution < 1.29 is 29.0 Å². The summed E-state index contributed by atoms with van der Waals surface area (Å²) in [6, 6.07) is 10.6. The number of rotatable bonds is 6. The quantitative estimate of drug-likeness (QED) is 0.442. The molecule has 0 radical (unpaired) electrons. The molecule has 1 fully saturated rings. The van der Waals surface area contributed by atoms with Crippen molar-refractivity contribution in [1.29, 1.82) is 0 Å². The lowest BCUT2D eigenvalue weighted by Gasteiger charge is -2.10. The average Bonchev–Trinajstić information content (AvgIpc) is 3.37. The zero-order valence-electron chi connectivity index (χ0n) is 15.3. The van der Waals surface area contributed by atoms with Gasteiger partial charge in [-0.1, -0.05) is 42.2 Å². The first-order chi connectivity index (χ1) is 14.3. The topological polar surface area (TPSA) is 113 Å². The molecular weight excluding hydrogens is 428 g/mol. The van der Waals surface area contributed by atoms with Gasteiger partial charge in [-0.15, -0.1) is 0 Å². The van der Waals surface area contributed by atoms with Crippen LogP contribution in [0.1, 0.15) is 21.9 Å². The van der Waals surface area contributed by atoms with Crippen molar-refractivity contribution >= 4 is 63.1 Å². The third-order valence-corrected chi connectivity index (χ3v) is 5.85. The van der Waals surface area contributed by atoms with Crippen molar-refractivity contribution in [3.63, 3.8) is 0 Å². The van der Waals surface area contributed by atoms with Crippen LogP contribution in [0.15, 0.2) is 51.9 Å². The maximum absolute atomic E-state index is 12.6. The SMILES string of the molecule is O=C(O)CN1C(=O)/C(=C\c2cn(Cc3ccc(C(=O)O)o3)c3ccccc23)SC1=S. The zero-order valence-corrected chi connectivity index (χ0v) is 16.9. The van der Waals surface area contributed by atoms with Gasteiger partial charge in [0.05, 0.1) is 11.4 Å². The van der Waals surface area contributed by atoms with Gasteiger partial charge in [0.15, 0.2) is 0 Å². The van der Waals surface area contributed by atoms with E-state index >= 15 is 0 Å². The number of carboxylic acids is 2. The van der Waals surface area contributed by atoms with E-state index < -0.39 is 24.4 Å². The first-order valence-electron chi connectivity index (χ1n) is 8.70. The van der Waals surface area contributed by atoms with E-state index in [2.05, 4.69) is 0 Å². The summed E-state index contributed by atoms with van der Waals surface area (Å²) in [7, 11) is 0. The van der Waals surface area contributed by atoms with Crippen molar-refractivity contribution in [2.45, 2.75) is 6.54 Å². The fraction of sp³-hybridized carbons (Fsp3) is 0.100. The zero-order chi connectivity index (χ0) is 21.4. The van der Waals surface area contributed by atoms with Crippen LogP contribution in [0.2, 0.25) is 0 Å². The van der Waals surface area contributed by atoms with E-state index in [0.717, 1.165) is 33.1 Å². The van der Waals surface area contributed by atoms with E-state index in [-0.39, 0.29) is 10.1 Å². The predicted molar refractivity (Wildman–Crippen MR) is 114 cm³/mol. The van der Waals surface area contributed by atoms with Gasteiger partial charge in [0.1, 0.15) is 16.6 Å². The Morgan fingerprint density at radius 2 is 1.93 bits per heavy atom. The Balaban J connectivity index is 1.69. The summed E-state index contributed by atoms with van der Waals surface area (Å²) in [6.45, 7) is -0.171. The number of benzene rings is 1.